The van der Waals surface area contributed by atoms with Crippen LogP contribution in [0.3, 0.4) is 0 Å². The van der Waals surface area contributed by atoms with Crippen LogP contribution in [0.15, 0.2) is 0 Å². The second-order valence-electron chi connectivity index (χ2n) is 6.15. The van der Waals surface area contributed by atoms with Crippen LogP contribution in [0.4, 0.5) is 0 Å². The summed E-state index contributed by atoms with van der Waals surface area (Å²) < 4.78 is 0. The lowest BCUT2D eigenvalue weighted by atomic mass is 10.1. The van der Waals surface area contributed by atoms with Gasteiger partial charge in [0.2, 0.25) is 23.6 Å². The normalized spacial score (nSPS) is 17.8. The van der Waals surface area contributed by atoms with Crippen LogP contribution in [0.2, 0.25) is 0 Å². The maximum atomic E-state index is 12.4. The largest absolute Gasteiger partial charge is 0.481 e. The van der Waals surface area contributed by atoms with Crippen LogP contribution in [0.5, 0.6) is 0 Å². The highest BCUT2D eigenvalue weighted by Crippen LogP contribution is 2.06. The summed E-state index contributed by atoms with van der Waals surface area (Å²) in [6.45, 7) is -0.148. The van der Waals surface area contributed by atoms with E-state index in [1.165, 1.54) is 0 Å². The highest BCUT2D eigenvalue weighted by atomic mass is 16.4. The van der Waals surface area contributed by atoms with Gasteiger partial charge < -0.3 is 37.2 Å². The molecule has 0 aromatic carbocycles. The van der Waals surface area contributed by atoms with Gasteiger partial charge in [0.1, 0.15) is 18.6 Å². The standard InChI is InChI=1S/C15H23N5O8/c16-10(21)4-8(13(26)18-6-12(24)25)19-15(28)9(5-11(22)23)20-14(27)7-2-1-3-17-7/h7-9,17H,1-6H2,(H2,16,21)(H,18,26)(H,19,28)(H,20,27)(H,22,23)(H,24,25). The van der Waals surface area contributed by atoms with Crippen LogP contribution in [0.25, 0.3) is 0 Å². The van der Waals surface area contributed by atoms with Gasteiger partial charge in [0, 0.05) is 0 Å². The summed E-state index contributed by atoms with van der Waals surface area (Å²) in [4.78, 5) is 69.2. The van der Waals surface area contributed by atoms with Crippen LogP contribution in [0.1, 0.15) is 25.7 Å². The summed E-state index contributed by atoms with van der Waals surface area (Å²) >= 11 is 0. The maximum absolute atomic E-state index is 12.4. The van der Waals surface area contributed by atoms with Crippen molar-refractivity contribution in [2.45, 2.75) is 43.8 Å². The monoisotopic (exact) mass is 401 g/mol. The quantitative estimate of drug-likeness (QED) is 0.181. The lowest BCUT2D eigenvalue weighted by Crippen LogP contribution is -2.57. The molecule has 3 atom stereocenters. The molecule has 1 saturated heterocycles. The van der Waals surface area contributed by atoms with Crippen molar-refractivity contribution in [2.24, 2.45) is 5.73 Å². The van der Waals surface area contributed by atoms with E-state index >= 15 is 0 Å². The zero-order valence-corrected chi connectivity index (χ0v) is 14.9. The maximum Gasteiger partial charge on any atom is 0.322 e. The Labute approximate surface area is 159 Å². The molecule has 28 heavy (non-hydrogen) atoms. The third kappa shape index (κ3) is 7.99. The van der Waals surface area contributed by atoms with Crippen molar-refractivity contribution in [1.82, 2.24) is 21.3 Å². The van der Waals surface area contributed by atoms with E-state index < -0.39 is 73.1 Å². The first kappa shape index (κ1) is 22.8. The number of carboxylic acids is 2. The molecule has 3 unspecified atom stereocenters. The Morgan fingerprint density at radius 3 is 2.11 bits per heavy atom. The molecule has 1 heterocycles. The lowest BCUT2D eigenvalue weighted by Gasteiger charge is -2.22. The molecule has 0 bridgehead atoms. The number of hydrogen-bond acceptors (Lipinski definition) is 7. The van der Waals surface area contributed by atoms with Crippen molar-refractivity contribution in [3.8, 4) is 0 Å². The molecule has 1 aliphatic heterocycles. The molecule has 8 N–H and O–H groups in total. The number of hydrogen-bond donors (Lipinski definition) is 7. The molecular weight excluding hydrogens is 378 g/mol. The number of aliphatic carboxylic acids is 2. The third-order valence-electron chi connectivity index (χ3n) is 3.84. The van der Waals surface area contributed by atoms with Gasteiger partial charge in [-0.05, 0) is 19.4 Å². The fourth-order valence-electron chi connectivity index (χ4n) is 2.53. The highest BCUT2D eigenvalue weighted by Gasteiger charge is 2.31. The number of carbonyl (C=O) groups excluding carboxylic acids is 4. The molecule has 13 nitrogen and oxygen atoms in total. The fourth-order valence-corrected chi connectivity index (χ4v) is 2.53. The van der Waals surface area contributed by atoms with Crippen molar-refractivity contribution < 1.29 is 39.0 Å². The van der Waals surface area contributed by atoms with Gasteiger partial charge in [0.25, 0.3) is 0 Å². The Bertz CT molecular complexity index is 646. The summed E-state index contributed by atoms with van der Waals surface area (Å²) in [7, 11) is 0. The highest BCUT2D eigenvalue weighted by molar-refractivity contribution is 5.96. The molecule has 1 fully saturated rings. The molecular formula is C15H23N5O8. The molecule has 13 heteroatoms. The van der Waals surface area contributed by atoms with Gasteiger partial charge in [-0.25, -0.2) is 0 Å². The van der Waals surface area contributed by atoms with E-state index in [0.717, 1.165) is 6.42 Å². The van der Waals surface area contributed by atoms with E-state index in [0.29, 0.717) is 13.0 Å². The third-order valence-corrected chi connectivity index (χ3v) is 3.84. The van der Waals surface area contributed by atoms with Crippen LogP contribution in [-0.4, -0.2) is 77.0 Å². The van der Waals surface area contributed by atoms with Gasteiger partial charge in [0.15, 0.2) is 0 Å². The predicted octanol–water partition coefficient (Wildman–Crippen LogP) is -3.74. The van der Waals surface area contributed by atoms with E-state index in [1.807, 2.05) is 5.32 Å². The second-order valence-corrected chi connectivity index (χ2v) is 6.15. The summed E-state index contributed by atoms with van der Waals surface area (Å²) in [5, 5.41) is 26.9. The summed E-state index contributed by atoms with van der Waals surface area (Å²) in [5.74, 6) is -6.26. The lowest BCUT2D eigenvalue weighted by molar-refractivity contribution is -0.142. The van der Waals surface area contributed by atoms with Crippen LogP contribution < -0.4 is 27.0 Å². The smallest absolute Gasteiger partial charge is 0.322 e. The zero-order valence-electron chi connectivity index (χ0n) is 14.9. The molecule has 0 aliphatic carbocycles. The first-order chi connectivity index (χ1) is 13.1. The molecule has 4 amide bonds. The second kappa shape index (κ2) is 10.8. The molecule has 0 radical (unpaired) electrons. The van der Waals surface area contributed by atoms with E-state index in [-0.39, 0.29) is 0 Å². The fraction of sp³-hybridized carbons (Fsp3) is 0.600. The number of carbonyl (C=O) groups is 6. The summed E-state index contributed by atoms with van der Waals surface area (Å²) in [6.07, 6.45) is -0.132. The molecule has 0 aromatic rings. The Morgan fingerprint density at radius 2 is 1.61 bits per heavy atom. The van der Waals surface area contributed by atoms with E-state index in [4.69, 9.17) is 15.9 Å². The molecule has 0 saturated carbocycles. The molecule has 156 valence electrons. The average Bonchev–Trinajstić information content (AvgIpc) is 3.12. The predicted molar refractivity (Wildman–Crippen MR) is 91.6 cm³/mol. The van der Waals surface area contributed by atoms with Crippen molar-refractivity contribution in [2.75, 3.05) is 13.1 Å². The molecule has 1 aliphatic rings. The van der Waals surface area contributed by atoms with Gasteiger partial charge in [-0.15, -0.1) is 0 Å². The molecule has 1 rings (SSSR count). The first-order valence-corrected chi connectivity index (χ1v) is 8.44. The van der Waals surface area contributed by atoms with Crippen LogP contribution in [0, 0.1) is 0 Å². The number of rotatable bonds is 11. The molecule has 0 spiro atoms. The van der Waals surface area contributed by atoms with E-state index in [2.05, 4.69) is 16.0 Å². The Hall–Kier alpha value is -3.22. The zero-order chi connectivity index (χ0) is 21.3. The first-order valence-electron chi connectivity index (χ1n) is 8.44. The SMILES string of the molecule is NC(=O)CC(NC(=O)C(CC(=O)O)NC(=O)C1CCCN1)C(=O)NCC(=O)O. The van der Waals surface area contributed by atoms with Gasteiger partial charge in [-0.1, -0.05) is 0 Å². The minimum absolute atomic E-state index is 0.523. The van der Waals surface area contributed by atoms with Crippen molar-refractivity contribution in [3.05, 3.63) is 0 Å². The topological polar surface area (TPSA) is 217 Å². The van der Waals surface area contributed by atoms with E-state index in [9.17, 15) is 28.8 Å². The van der Waals surface area contributed by atoms with Gasteiger partial charge >= 0.3 is 11.9 Å². The van der Waals surface area contributed by atoms with Crippen molar-refractivity contribution in [1.29, 1.82) is 0 Å². The summed E-state index contributed by atoms with van der Waals surface area (Å²) in [6, 6.07) is -3.60. The Kier molecular flexibility index (Phi) is 8.81. The van der Waals surface area contributed by atoms with Crippen LogP contribution in [-0.2, 0) is 28.8 Å². The minimum Gasteiger partial charge on any atom is -0.481 e. The summed E-state index contributed by atoms with van der Waals surface area (Å²) in [5.41, 5.74) is 5.02. The molecule has 0 aromatic heterocycles. The van der Waals surface area contributed by atoms with Crippen molar-refractivity contribution >= 4 is 35.6 Å². The Balaban J connectivity index is 2.82. The number of nitrogens with two attached hydrogens (primary N) is 1. The number of amides is 4. The minimum atomic E-state index is -1.53. The van der Waals surface area contributed by atoms with Gasteiger partial charge in [0.05, 0.1) is 18.9 Å². The van der Waals surface area contributed by atoms with Crippen LogP contribution >= 0.6 is 0 Å². The van der Waals surface area contributed by atoms with Crippen molar-refractivity contribution in [3.63, 3.8) is 0 Å². The number of primary amides is 1. The average molecular weight is 401 g/mol. The number of nitrogens with one attached hydrogen (secondary N) is 4. The Morgan fingerprint density at radius 1 is 0.964 bits per heavy atom. The van der Waals surface area contributed by atoms with Gasteiger partial charge in [-0.3, -0.25) is 28.8 Å². The van der Waals surface area contributed by atoms with E-state index in [1.54, 1.807) is 0 Å². The number of carboxylic acid groups (broad SMARTS) is 2. The van der Waals surface area contributed by atoms with Gasteiger partial charge in [-0.2, -0.15) is 0 Å².